The van der Waals surface area contributed by atoms with E-state index in [9.17, 15) is 14.4 Å². The van der Waals surface area contributed by atoms with Crippen molar-refractivity contribution in [3.05, 3.63) is 35.9 Å². The second-order valence-corrected chi connectivity index (χ2v) is 5.76. The molecule has 0 fully saturated rings. The number of aliphatic carboxylic acids is 2. The van der Waals surface area contributed by atoms with E-state index in [-0.39, 0.29) is 6.10 Å². The van der Waals surface area contributed by atoms with Crippen molar-refractivity contribution < 1.29 is 29.3 Å². The molecule has 132 valence electrons. The highest BCUT2D eigenvalue weighted by Crippen LogP contribution is 2.16. The molecule has 1 rings (SSSR count). The van der Waals surface area contributed by atoms with E-state index in [0.29, 0.717) is 12.8 Å². The van der Waals surface area contributed by atoms with Crippen LogP contribution in [0.2, 0.25) is 0 Å². The lowest BCUT2D eigenvalue weighted by Crippen LogP contribution is -2.25. The van der Waals surface area contributed by atoms with E-state index < -0.39 is 36.7 Å². The second-order valence-electron chi connectivity index (χ2n) is 5.76. The quantitative estimate of drug-likeness (QED) is 0.603. The minimum absolute atomic E-state index is 0.290. The smallest absolute Gasteiger partial charge is 0.307 e. The molecule has 0 aliphatic carbocycles. The summed E-state index contributed by atoms with van der Waals surface area (Å²) in [5.41, 5.74) is 1.14. The van der Waals surface area contributed by atoms with Gasteiger partial charge in [0.2, 0.25) is 0 Å². The zero-order valence-electron chi connectivity index (χ0n) is 13.8. The molecule has 0 aliphatic heterocycles. The molecule has 0 saturated carbocycles. The molecule has 24 heavy (non-hydrogen) atoms. The Morgan fingerprint density at radius 3 is 2.25 bits per heavy atom. The predicted octanol–water partition coefficient (Wildman–Crippen LogP) is 2.90. The van der Waals surface area contributed by atoms with E-state index in [1.807, 2.05) is 37.3 Å². The van der Waals surface area contributed by atoms with Gasteiger partial charge in [-0.15, -0.1) is 0 Å². The predicted molar refractivity (Wildman–Crippen MR) is 87.5 cm³/mol. The van der Waals surface area contributed by atoms with E-state index in [1.54, 1.807) is 0 Å². The standard InChI is InChI=1S/C18H24O6/c1-2-6-15(10-9-13-7-4-3-5-8-13)24-17(21)12-14(18(22)23)11-16(19)20/h3-5,7-8,14-15H,2,6,9-12H2,1H3,(H,19,20)(H,22,23)/t14?,15-/m1/s1. The first-order valence-electron chi connectivity index (χ1n) is 8.10. The Hall–Kier alpha value is -2.37. The number of carbonyl (C=O) groups excluding carboxylic acids is 1. The highest BCUT2D eigenvalue weighted by Gasteiger charge is 2.26. The number of carboxylic acids is 2. The largest absolute Gasteiger partial charge is 0.481 e. The Kier molecular flexibility index (Phi) is 8.54. The fourth-order valence-electron chi connectivity index (χ4n) is 2.45. The molecule has 0 heterocycles. The lowest BCUT2D eigenvalue weighted by Gasteiger charge is -2.18. The van der Waals surface area contributed by atoms with Crippen molar-refractivity contribution in [2.45, 2.75) is 51.6 Å². The van der Waals surface area contributed by atoms with Gasteiger partial charge in [0.15, 0.2) is 0 Å². The summed E-state index contributed by atoms with van der Waals surface area (Å²) in [6.07, 6.45) is 1.64. The molecule has 6 heteroatoms. The number of ether oxygens (including phenoxy) is 1. The van der Waals surface area contributed by atoms with Crippen LogP contribution in [0.4, 0.5) is 0 Å². The fraction of sp³-hybridized carbons (Fsp3) is 0.500. The molecule has 6 nitrogen and oxygen atoms in total. The first-order valence-corrected chi connectivity index (χ1v) is 8.10. The number of carboxylic acid groups (broad SMARTS) is 2. The van der Waals surface area contributed by atoms with Crippen LogP contribution in [0.25, 0.3) is 0 Å². The fourth-order valence-corrected chi connectivity index (χ4v) is 2.45. The van der Waals surface area contributed by atoms with Gasteiger partial charge in [0, 0.05) is 0 Å². The van der Waals surface area contributed by atoms with Crippen molar-refractivity contribution in [1.82, 2.24) is 0 Å². The number of rotatable bonds is 11. The molecule has 1 unspecified atom stereocenters. The maximum atomic E-state index is 12.0. The molecule has 0 spiro atoms. The lowest BCUT2D eigenvalue weighted by atomic mass is 10.0. The highest BCUT2D eigenvalue weighted by molar-refractivity contribution is 5.82. The average molecular weight is 336 g/mol. The first-order chi connectivity index (χ1) is 11.4. The average Bonchev–Trinajstić information content (AvgIpc) is 2.52. The third kappa shape index (κ3) is 7.76. The van der Waals surface area contributed by atoms with Gasteiger partial charge in [-0.2, -0.15) is 0 Å². The van der Waals surface area contributed by atoms with Crippen LogP contribution in [-0.2, 0) is 25.5 Å². The van der Waals surface area contributed by atoms with E-state index in [2.05, 4.69) is 0 Å². The van der Waals surface area contributed by atoms with Crippen molar-refractivity contribution in [2.24, 2.45) is 5.92 Å². The number of hydrogen-bond acceptors (Lipinski definition) is 4. The van der Waals surface area contributed by atoms with Crippen LogP contribution in [0.1, 0.15) is 44.6 Å². The van der Waals surface area contributed by atoms with E-state index >= 15 is 0 Å². The molecule has 0 radical (unpaired) electrons. The monoisotopic (exact) mass is 336 g/mol. The Morgan fingerprint density at radius 2 is 1.71 bits per heavy atom. The molecule has 1 aromatic rings. The summed E-state index contributed by atoms with van der Waals surface area (Å²) in [4.78, 5) is 33.6. The topological polar surface area (TPSA) is 101 Å². The van der Waals surface area contributed by atoms with Gasteiger partial charge in [0.1, 0.15) is 6.10 Å². The van der Waals surface area contributed by atoms with Crippen LogP contribution in [0.3, 0.4) is 0 Å². The minimum Gasteiger partial charge on any atom is -0.481 e. The Bertz CT molecular complexity index is 540. The molecule has 0 aliphatic rings. The van der Waals surface area contributed by atoms with Crippen LogP contribution in [0.5, 0.6) is 0 Å². The van der Waals surface area contributed by atoms with Gasteiger partial charge in [0.25, 0.3) is 0 Å². The Labute approximate surface area is 141 Å². The molecule has 1 aromatic carbocycles. The summed E-state index contributed by atoms with van der Waals surface area (Å²) in [5.74, 6) is -4.46. The summed E-state index contributed by atoms with van der Waals surface area (Å²) in [6, 6.07) is 9.82. The molecule has 0 bridgehead atoms. The summed E-state index contributed by atoms with van der Waals surface area (Å²) in [7, 11) is 0. The number of esters is 1. The minimum atomic E-state index is -1.30. The zero-order chi connectivity index (χ0) is 17.9. The molecule has 2 atom stereocenters. The number of aryl methyl sites for hydroxylation is 1. The third-order valence-corrected chi connectivity index (χ3v) is 3.69. The Morgan fingerprint density at radius 1 is 1.04 bits per heavy atom. The van der Waals surface area contributed by atoms with Gasteiger partial charge in [-0.3, -0.25) is 14.4 Å². The highest BCUT2D eigenvalue weighted by atomic mass is 16.5. The van der Waals surface area contributed by atoms with Gasteiger partial charge >= 0.3 is 17.9 Å². The number of hydrogen-bond donors (Lipinski definition) is 2. The number of benzene rings is 1. The molecule has 2 N–H and O–H groups in total. The van der Waals surface area contributed by atoms with Crippen LogP contribution in [0.15, 0.2) is 30.3 Å². The number of carbonyl (C=O) groups is 3. The van der Waals surface area contributed by atoms with E-state index in [0.717, 1.165) is 18.4 Å². The van der Waals surface area contributed by atoms with E-state index in [1.165, 1.54) is 0 Å². The zero-order valence-corrected chi connectivity index (χ0v) is 13.8. The molecule has 0 saturated heterocycles. The van der Waals surface area contributed by atoms with Crippen molar-refractivity contribution >= 4 is 17.9 Å². The van der Waals surface area contributed by atoms with Crippen molar-refractivity contribution in [2.75, 3.05) is 0 Å². The van der Waals surface area contributed by atoms with Gasteiger partial charge < -0.3 is 14.9 Å². The second kappa shape index (κ2) is 10.4. The van der Waals surface area contributed by atoms with Gasteiger partial charge in [-0.05, 0) is 24.8 Å². The van der Waals surface area contributed by atoms with Crippen molar-refractivity contribution in [3.63, 3.8) is 0 Å². The SMILES string of the molecule is CCC[C@H](CCc1ccccc1)OC(=O)CC(CC(=O)O)C(=O)O. The van der Waals surface area contributed by atoms with Gasteiger partial charge in [-0.25, -0.2) is 0 Å². The molecule has 0 amide bonds. The van der Waals surface area contributed by atoms with Crippen LogP contribution < -0.4 is 0 Å². The summed E-state index contributed by atoms with van der Waals surface area (Å²) in [5, 5.41) is 17.7. The molecular weight excluding hydrogens is 312 g/mol. The summed E-state index contributed by atoms with van der Waals surface area (Å²) < 4.78 is 5.38. The van der Waals surface area contributed by atoms with Crippen molar-refractivity contribution in [3.8, 4) is 0 Å². The molecular formula is C18H24O6. The van der Waals surface area contributed by atoms with Gasteiger partial charge in [-0.1, -0.05) is 43.7 Å². The lowest BCUT2D eigenvalue weighted by molar-refractivity contribution is -0.157. The van der Waals surface area contributed by atoms with Gasteiger partial charge in [0.05, 0.1) is 18.8 Å². The maximum absolute atomic E-state index is 12.0. The summed E-state index contributed by atoms with van der Waals surface area (Å²) >= 11 is 0. The normalized spacial score (nSPS) is 13.0. The molecule has 0 aromatic heterocycles. The maximum Gasteiger partial charge on any atom is 0.307 e. The Balaban J connectivity index is 2.54. The van der Waals surface area contributed by atoms with Crippen LogP contribution in [0, 0.1) is 5.92 Å². The van der Waals surface area contributed by atoms with Crippen LogP contribution in [-0.4, -0.2) is 34.2 Å². The van der Waals surface area contributed by atoms with E-state index in [4.69, 9.17) is 14.9 Å². The van der Waals surface area contributed by atoms with Crippen molar-refractivity contribution in [1.29, 1.82) is 0 Å². The summed E-state index contributed by atoms with van der Waals surface area (Å²) in [6.45, 7) is 1.98. The first kappa shape index (κ1) is 19.7. The van der Waals surface area contributed by atoms with Crippen LogP contribution >= 0.6 is 0 Å². The third-order valence-electron chi connectivity index (χ3n) is 3.69.